The molecule has 0 aliphatic rings. The summed E-state index contributed by atoms with van der Waals surface area (Å²) in [5.41, 5.74) is 2.51. The lowest BCUT2D eigenvalue weighted by atomic mass is 10.3. The molecule has 0 N–H and O–H groups in total. The predicted molar refractivity (Wildman–Crippen MR) is 81.7 cm³/mol. The quantitative estimate of drug-likeness (QED) is 0.663. The molecule has 0 saturated heterocycles. The van der Waals surface area contributed by atoms with Crippen molar-refractivity contribution in [3.05, 3.63) is 54.4 Å². The third-order valence-electron chi connectivity index (χ3n) is 3.08. The average Bonchev–Trinajstić information content (AvgIpc) is 2.82. The van der Waals surface area contributed by atoms with Crippen LogP contribution in [0.4, 0.5) is 11.5 Å². The molecule has 5 heteroatoms. The van der Waals surface area contributed by atoms with Crippen LogP contribution < -0.4 is 4.74 Å². The van der Waals surface area contributed by atoms with Crippen LogP contribution in [0.1, 0.15) is 12.6 Å². The van der Waals surface area contributed by atoms with Gasteiger partial charge in [0.2, 0.25) is 0 Å². The minimum atomic E-state index is 0.655. The lowest BCUT2D eigenvalue weighted by Crippen LogP contribution is -1.89. The molecule has 0 spiro atoms. The largest absolute Gasteiger partial charge is 0.494 e. The van der Waals surface area contributed by atoms with Crippen molar-refractivity contribution in [2.75, 3.05) is 6.61 Å². The van der Waals surface area contributed by atoms with Crippen LogP contribution in [-0.4, -0.2) is 16.0 Å². The van der Waals surface area contributed by atoms with Gasteiger partial charge in [-0.3, -0.25) is 4.40 Å². The fourth-order valence-electron chi connectivity index (χ4n) is 2.10. The molecule has 0 atom stereocenters. The summed E-state index contributed by atoms with van der Waals surface area (Å²) in [5.74, 6) is 1.59. The van der Waals surface area contributed by atoms with Crippen molar-refractivity contribution in [3.63, 3.8) is 0 Å². The smallest absolute Gasteiger partial charge is 0.182 e. The van der Waals surface area contributed by atoms with E-state index in [-0.39, 0.29) is 0 Å². The first-order valence-corrected chi connectivity index (χ1v) is 6.86. The number of pyridine rings is 1. The Kier molecular flexibility index (Phi) is 3.64. The van der Waals surface area contributed by atoms with Gasteiger partial charge in [-0.1, -0.05) is 6.07 Å². The van der Waals surface area contributed by atoms with Gasteiger partial charge in [-0.2, -0.15) is 0 Å². The van der Waals surface area contributed by atoms with Crippen molar-refractivity contribution >= 4 is 17.2 Å². The first kappa shape index (κ1) is 13.3. The van der Waals surface area contributed by atoms with Gasteiger partial charge < -0.3 is 4.74 Å². The second-order valence-corrected chi connectivity index (χ2v) is 4.58. The van der Waals surface area contributed by atoms with Crippen molar-refractivity contribution in [1.29, 1.82) is 0 Å². The highest BCUT2D eigenvalue weighted by Gasteiger charge is 2.06. The highest BCUT2D eigenvalue weighted by molar-refractivity contribution is 5.51. The van der Waals surface area contributed by atoms with Gasteiger partial charge in [-0.25, -0.2) is 4.98 Å². The van der Waals surface area contributed by atoms with Gasteiger partial charge in [0.05, 0.1) is 18.0 Å². The molecule has 0 aliphatic heterocycles. The van der Waals surface area contributed by atoms with Crippen LogP contribution in [0.25, 0.3) is 5.65 Å². The van der Waals surface area contributed by atoms with Crippen LogP contribution in [0, 0.1) is 6.92 Å². The van der Waals surface area contributed by atoms with Gasteiger partial charge in [0.25, 0.3) is 0 Å². The van der Waals surface area contributed by atoms with Gasteiger partial charge in [-0.15, -0.1) is 10.2 Å². The number of ether oxygens (including phenoxy) is 1. The van der Waals surface area contributed by atoms with E-state index in [0.29, 0.717) is 6.61 Å². The number of benzene rings is 1. The standard InChI is InChI=1S/C16H16N4O/c1-3-21-14-9-7-13(8-10-14)18-19-16-12(2)17-15-6-4-5-11-20(15)16/h4-11H,3H2,1-2H3. The van der Waals surface area contributed by atoms with Gasteiger partial charge >= 0.3 is 0 Å². The van der Waals surface area contributed by atoms with Gasteiger partial charge in [0.1, 0.15) is 11.4 Å². The monoisotopic (exact) mass is 280 g/mol. The summed E-state index contributed by atoms with van der Waals surface area (Å²) >= 11 is 0. The normalized spacial score (nSPS) is 11.3. The van der Waals surface area contributed by atoms with Crippen LogP contribution in [0.3, 0.4) is 0 Å². The van der Waals surface area contributed by atoms with E-state index in [1.54, 1.807) is 0 Å². The lowest BCUT2D eigenvalue weighted by Gasteiger charge is -2.01. The number of fused-ring (bicyclic) bond motifs is 1. The van der Waals surface area contributed by atoms with Crippen molar-refractivity contribution in [3.8, 4) is 5.75 Å². The van der Waals surface area contributed by atoms with Crippen LogP contribution in [0.5, 0.6) is 5.75 Å². The number of aromatic nitrogens is 2. The Morgan fingerprint density at radius 3 is 2.67 bits per heavy atom. The number of hydrogen-bond donors (Lipinski definition) is 0. The molecule has 2 heterocycles. The first-order chi connectivity index (χ1) is 10.3. The van der Waals surface area contributed by atoms with Gasteiger partial charge in [-0.05, 0) is 50.2 Å². The number of imidazole rings is 1. The minimum Gasteiger partial charge on any atom is -0.494 e. The van der Waals surface area contributed by atoms with Gasteiger partial charge in [0, 0.05) is 6.20 Å². The fraction of sp³-hybridized carbons (Fsp3) is 0.188. The molecule has 3 rings (SSSR count). The zero-order chi connectivity index (χ0) is 14.7. The average molecular weight is 280 g/mol. The Balaban J connectivity index is 1.89. The molecule has 5 nitrogen and oxygen atoms in total. The van der Waals surface area contributed by atoms with E-state index >= 15 is 0 Å². The first-order valence-electron chi connectivity index (χ1n) is 6.86. The molecular weight excluding hydrogens is 264 g/mol. The fourth-order valence-corrected chi connectivity index (χ4v) is 2.10. The van der Waals surface area contributed by atoms with E-state index < -0.39 is 0 Å². The summed E-state index contributed by atoms with van der Waals surface area (Å²) in [4.78, 5) is 4.45. The van der Waals surface area contributed by atoms with Crippen LogP contribution in [0.15, 0.2) is 58.9 Å². The topological polar surface area (TPSA) is 51.2 Å². The number of rotatable bonds is 4. The summed E-state index contributed by atoms with van der Waals surface area (Å²) in [6.45, 7) is 4.54. The Morgan fingerprint density at radius 1 is 1.10 bits per heavy atom. The second-order valence-electron chi connectivity index (χ2n) is 4.58. The summed E-state index contributed by atoms with van der Waals surface area (Å²) in [7, 11) is 0. The lowest BCUT2D eigenvalue weighted by molar-refractivity contribution is 0.340. The predicted octanol–water partition coefficient (Wildman–Crippen LogP) is 4.46. The maximum Gasteiger partial charge on any atom is 0.182 e. The third kappa shape index (κ3) is 2.76. The Bertz CT molecular complexity index is 775. The highest BCUT2D eigenvalue weighted by atomic mass is 16.5. The van der Waals surface area contributed by atoms with Crippen molar-refractivity contribution in [1.82, 2.24) is 9.38 Å². The zero-order valence-electron chi connectivity index (χ0n) is 12.0. The summed E-state index contributed by atoms with van der Waals surface area (Å²) in [5, 5.41) is 8.59. The second kappa shape index (κ2) is 5.75. The van der Waals surface area contributed by atoms with Crippen LogP contribution in [0.2, 0.25) is 0 Å². The van der Waals surface area contributed by atoms with Crippen LogP contribution >= 0.6 is 0 Å². The Morgan fingerprint density at radius 2 is 1.90 bits per heavy atom. The number of azo groups is 1. The third-order valence-corrected chi connectivity index (χ3v) is 3.08. The maximum absolute atomic E-state index is 5.40. The van der Waals surface area contributed by atoms with E-state index in [9.17, 15) is 0 Å². The van der Waals surface area contributed by atoms with E-state index in [0.717, 1.165) is 28.6 Å². The molecule has 0 saturated carbocycles. The molecule has 0 amide bonds. The van der Waals surface area contributed by atoms with E-state index in [2.05, 4.69) is 15.2 Å². The summed E-state index contributed by atoms with van der Waals surface area (Å²) in [6.07, 6.45) is 1.93. The summed E-state index contributed by atoms with van der Waals surface area (Å²) < 4.78 is 7.33. The van der Waals surface area contributed by atoms with Crippen LogP contribution in [-0.2, 0) is 0 Å². The molecule has 2 aromatic heterocycles. The van der Waals surface area contributed by atoms with Crippen molar-refractivity contribution in [2.45, 2.75) is 13.8 Å². The number of hydrogen-bond acceptors (Lipinski definition) is 4. The van der Waals surface area contributed by atoms with Crippen molar-refractivity contribution < 1.29 is 4.74 Å². The van der Waals surface area contributed by atoms with E-state index in [1.165, 1.54) is 0 Å². The number of nitrogens with zero attached hydrogens (tertiary/aromatic N) is 4. The Labute approximate surface area is 122 Å². The Hall–Kier alpha value is -2.69. The molecule has 3 aromatic rings. The highest BCUT2D eigenvalue weighted by Crippen LogP contribution is 2.24. The minimum absolute atomic E-state index is 0.655. The molecule has 21 heavy (non-hydrogen) atoms. The van der Waals surface area contributed by atoms with E-state index in [4.69, 9.17) is 4.74 Å². The molecule has 0 radical (unpaired) electrons. The maximum atomic E-state index is 5.40. The van der Waals surface area contributed by atoms with Gasteiger partial charge in [0.15, 0.2) is 5.82 Å². The zero-order valence-corrected chi connectivity index (χ0v) is 12.0. The number of aryl methyl sites for hydroxylation is 1. The molecule has 1 aromatic carbocycles. The molecule has 0 bridgehead atoms. The molecule has 106 valence electrons. The SMILES string of the molecule is CCOc1ccc(N=Nc2c(C)nc3ccccn23)cc1. The molecule has 0 unspecified atom stereocenters. The molecule has 0 fully saturated rings. The van der Waals surface area contributed by atoms with Crippen molar-refractivity contribution in [2.24, 2.45) is 10.2 Å². The summed E-state index contributed by atoms with van der Waals surface area (Å²) in [6, 6.07) is 13.4. The molecule has 0 aliphatic carbocycles. The molecular formula is C16H16N4O. The van der Waals surface area contributed by atoms with E-state index in [1.807, 2.05) is 66.9 Å².